The second kappa shape index (κ2) is 4.44. The number of aryl methyl sites for hydroxylation is 1. The Labute approximate surface area is 102 Å². The number of rotatable bonds is 2. The van der Waals surface area contributed by atoms with Crippen LogP contribution in [0, 0.1) is 10.6 Å². The summed E-state index contributed by atoms with van der Waals surface area (Å²) in [5.41, 5.74) is -0.259. The first-order chi connectivity index (χ1) is 7.20. The van der Waals surface area contributed by atoms with Gasteiger partial charge in [0.1, 0.15) is 9.26 Å². The average molecular weight is 347 g/mol. The number of pyridine rings is 1. The van der Waals surface area contributed by atoms with Gasteiger partial charge in [-0.05, 0) is 35.6 Å². The van der Waals surface area contributed by atoms with Gasteiger partial charge in [-0.3, -0.25) is 0 Å². The zero-order valence-corrected chi connectivity index (χ0v) is 9.96. The number of carboxylic acids is 1. The molecule has 88 valence electrons. The van der Waals surface area contributed by atoms with Crippen LogP contribution in [0.25, 0.3) is 0 Å². The number of aromatic carboxylic acids is 1. The Bertz CT molecular complexity index is 433. The van der Waals surface area contributed by atoms with E-state index in [0.29, 0.717) is 5.69 Å². The van der Waals surface area contributed by atoms with Crippen molar-refractivity contribution in [3.8, 4) is 5.75 Å². The van der Waals surface area contributed by atoms with Gasteiger partial charge in [-0.2, -0.15) is 0 Å². The highest BCUT2D eigenvalue weighted by molar-refractivity contribution is 14.1. The summed E-state index contributed by atoms with van der Waals surface area (Å²) >= 11 is 1.49. The molecule has 0 amide bonds. The highest BCUT2D eigenvalue weighted by atomic mass is 127. The molecule has 1 N–H and O–H groups in total. The van der Waals surface area contributed by atoms with E-state index in [4.69, 9.17) is 5.11 Å². The molecule has 0 saturated carbocycles. The van der Waals surface area contributed by atoms with Crippen molar-refractivity contribution in [2.75, 3.05) is 0 Å². The summed E-state index contributed by atoms with van der Waals surface area (Å²) in [5, 5.41) is 8.73. The molecule has 0 aliphatic carbocycles. The van der Waals surface area contributed by atoms with Crippen molar-refractivity contribution < 1.29 is 27.8 Å². The van der Waals surface area contributed by atoms with Gasteiger partial charge >= 0.3 is 12.3 Å². The third-order valence-corrected chi connectivity index (χ3v) is 2.24. The monoisotopic (exact) mass is 347 g/mol. The van der Waals surface area contributed by atoms with Crippen LogP contribution in [0.15, 0.2) is 6.07 Å². The Balaban J connectivity index is 3.30. The molecule has 0 aliphatic rings. The molecule has 8 heteroatoms. The van der Waals surface area contributed by atoms with Crippen LogP contribution in [-0.2, 0) is 0 Å². The van der Waals surface area contributed by atoms with E-state index in [9.17, 15) is 18.0 Å². The van der Waals surface area contributed by atoms with Crippen molar-refractivity contribution in [1.29, 1.82) is 0 Å². The van der Waals surface area contributed by atoms with Crippen LogP contribution in [0.4, 0.5) is 13.2 Å². The number of hydrogen-bond donors (Lipinski definition) is 1. The molecule has 0 aliphatic heterocycles. The highest BCUT2D eigenvalue weighted by Gasteiger charge is 2.34. The van der Waals surface area contributed by atoms with Gasteiger partial charge in [0, 0.05) is 5.69 Å². The number of halogens is 4. The van der Waals surface area contributed by atoms with Crippen molar-refractivity contribution >= 4 is 28.6 Å². The molecule has 0 atom stereocenters. The van der Waals surface area contributed by atoms with E-state index in [1.165, 1.54) is 29.5 Å². The van der Waals surface area contributed by atoms with Crippen LogP contribution in [0.1, 0.15) is 16.1 Å². The first-order valence-corrected chi connectivity index (χ1v) is 4.95. The number of carboxylic acid groups (broad SMARTS) is 1. The maximum absolute atomic E-state index is 12.0. The fourth-order valence-electron chi connectivity index (χ4n) is 0.995. The number of nitrogens with zero attached hydrogens (tertiary/aromatic N) is 1. The molecule has 0 spiro atoms. The van der Waals surface area contributed by atoms with Crippen LogP contribution >= 0.6 is 22.6 Å². The van der Waals surface area contributed by atoms with Crippen molar-refractivity contribution in [3.05, 3.63) is 21.0 Å². The second-order valence-corrected chi connectivity index (χ2v) is 3.81. The first kappa shape index (κ1) is 13.0. The van der Waals surface area contributed by atoms with Crippen molar-refractivity contribution in [2.45, 2.75) is 13.3 Å². The number of carbonyl (C=O) groups is 1. The molecule has 0 saturated heterocycles. The fraction of sp³-hybridized carbons (Fsp3) is 0.250. The summed E-state index contributed by atoms with van der Waals surface area (Å²) in [5.74, 6) is -2.28. The van der Waals surface area contributed by atoms with Crippen LogP contribution in [0.5, 0.6) is 5.75 Å². The number of hydrogen-bond acceptors (Lipinski definition) is 3. The molecule has 1 aromatic rings. The molecule has 0 aromatic carbocycles. The molecular formula is C8H5F3INO3. The van der Waals surface area contributed by atoms with E-state index in [1.54, 1.807) is 0 Å². The standard InChI is InChI=1S/C8H5F3INO3/c1-3-2-4(7(14)15)5(6(12)13-3)16-8(9,10)11/h2H,1H3,(H,14,15). The van der Waals surface area contributed by atoms with E-state index >= 15 is 0 Å². The molecule has 1 rings (SSSR count). The number of ether oxygens (including phenoxy) is 1. The minimum absolute atomic E-state index is 0.146. The lowest BCUT2D eigenvalue weighted by atomic mass is 10.2. The largest absolute Gasteiger partial charge is 0.573 e. The Hall–Kier alpha value is -1.06. The van der Waals surface area contributed by atoms with E-state index in [1.807, 2.05) is 0 Å². The Morgan fingerprint density at radius 1 is 1.56 bits per heavy atom. The molecule has 16 heavy (non-hydrogen) atoms. The highest BCUT2D eigenvalue weighted by Crippen LogP contribution is 2.30. The lowest BCUT2D eigenvalue weighted by Crippen LogP contribution is -2.20. The summed E-state index contributed by atoms with van der Waals surface area (Å²) in [6.07, 6.45) is -4.94. The van der Waals surface area contributed by atoms with Crippen molar-refractivity contribution in [1.82, 2.24) is 4.98 Å². The average Bonchev–Trinajstić information content (AvgIpc) is 2.07. The van der Waals surface area contributed by atoms with Gasteiger partial charge in [-0.1, -0.05) is 0 Å². The zero-order valence-electron chi connectivity index (χ0n) is 7.80. The molecule has 1 aromatic heterocycles. The molecular weight excluding hydrogens is 342 g/mol. The summed E-state index contributed by atoms with van der Waals surface area (Å²) in [6.45, 7) is 1.48. The maximum atomic E-state index is 12.0. The van der Waals surface area contributed by atoms with Crippen LogP contribution in [0.3, 0.4) is 0 Å². The van der Waals surface area contributed by atoms with E-state index in [2.05, 4.69) is 9.72 Å². The minimum Gasteiger partial charge on any atom is -0.478 e. The normalized spacial score (nSPS) is 11.3. The Morgan fingerprint density at radius 3 is 2.56 bits per heavy atom. The third-order valence-electron chi connectivity index (χ3n) is 1.51. The molecule has 0 unspecified atom stereocenters. The van der Waals surface area contributed by atoms with Gasteiger partial charge in [-0.15, -0.1) is 13.2 Å². The lowest BCUT2D eigenvalue weighted by molar-refractivity contribution is -0.275. The van der Waals surface area contributed by atoms with E-state index in [0.717, 1.165) is 6.07 Å². The topological polar surface area (TPSA) is 59.4 Å². The molecule has 0 bridgehead atoms. The third kappa shape index (κ3) is 3.22. The lowest BCUT2D eigenvalue weighted by Gasteiger charge is -2.12. The summed E-state index contributed by atoms with van der Waals surface area (Å²) in [7, 11) is 0. The first-order valence-electron chi connectivity index (χ1n) is 3.87. The van der Waals surface area contributed by atoms with Gasteiger partial charge in [-0.25, -0.2) is 9.78 Å². The Kier molecular flexibility index (Phi) is 3.61. The number of aromatic nitrogens is 1. The van der Waals surface area contributed by atoms with Crippen molar-refractivity contribution in [3.63, 3.8) is 0 Å². The molecule has 0 fully saturated rings. The predicted molar refractivity (Wildman–Crippen MR) is 55.3 cm³/mol. The predicted octanol–water partition coefficient (Wildman–Crippen LogP) is 2.59. The minimum atomic E-state index is -4.94. The smallest absolute Gasteiger partial charge is 0.478 e. The van der Waals surface area contributed by atoms with Crippen LogP contribution in [-0.4, -0.2) is 22.4 Å². The maximum Gasteiger partial charge on any atom is 0.573 e. The van der Waals surface area contributed by atoms with Gasteiger partial charge in [0.05, 0.1) is 0 Å². The molecule has 4 nitrogen and oxygen atoms in total. The fourth-order valence-corrected chi connectivity index (χ4v) is 1.78. The van der Waals surface area contributed by atoms with Crippen LogP contribution < -0.4 is 4.74 Å². The van der Waals surface area contributed by atoms with Crippen LogP contribution in [0.2, 0.25) is 0 Å². The SMILES string of the molecule is Cc1cc(C(=O)O)c(OC(F)(F)F)c(I)n1. The quantitative estimate of drug-likeness (QED) is 0.660. The summed E-state index contributed by atoms with van der Waals surface area (Å²) in [6, 6.07) is 1.02. The zero-order chi connectivity index (χ0) is 12.5. The summed E-state index contributed by atoms with van der Waals surface area (Å²) in [4.78, 5) is 14.4. The van der Waals surface area contributed by atoms with E-state index < -0.39 is 23.6 Å². The summed E-state index contributed by atoms with van der Waals surface area (Å²) < 4.78 is 39.5. The van der Waals surface area contributed by atoms with Gasteiger partial charge in [0.25, 0.3) is 0 Å². The van der Waals surface area contributed by atoms with E-state index in [-0.39, 0.29) is 3.70 Å². The second-order valence-electron chi connectivity index (χ2n) is 2.78. The molecule has 0 radical (unpaired) electrons. The van der Waals surface area contributed by atoms with Gasteiger partial charge in [0.2, 0.25) is 0 Å². The Morgan fingerprint density at radius 2 is 2.12 bits per heavy atom. The molecule has 1 heterocycles. The van der Waals surface area contributed by atoms with Gasteiger partial charge in [0.15, 0.2) is 5.75 Å². The van der Waals surface area contributed by atoms with Crippen molar-refractivity contribution in [2.24, 2.45) is 0 Å². The van der Waals surface area contributed by atoms with Gasteiger partial charge < -0.3 is 9.84 Å². The number of alkyl halides is 3.